The molecule has 1 atom stereocenters. The van der Waals surface area contributed by atoms with Crippen molar-refractivity contribution in [2.75, 3.05) is 7.11 Å². The van der Waals surface area contributed by atoms with Gasteiger partial charge in [0, 0.05) is 29.7 Å². The molecule has 3 heterocycles. The summed E-state index contributed by atoms with van der Waals surface area (Å²) in [5.74, 6) is 1.88. The average Bonchev–Trinajstić information content (AvgIpc) is 3.05. The van der Waals surface area contributed by atoms with Crippen LogP contribution in [-0.4, -0.2) is 27.4 Å². The predicted molar refractivity (Wildman–Crippen MR) is 112 cm³/mol. The first-order chi connectivity index (χ1) is 13.7. The number of aromatic nitrogens is 3. The highest BCUT2D eigenvalue weighted by Gasteiger charge is 2.28. The Hall–Kier alpha value is -2.95. The fourth-order valence-corrected chi connectivity index (χ4v) is 3.92. The van der Waals surface area contributed by atoms with Crippen LogP contribution in [0.2, 0.25) is 0 Å². The summed E-state index contributed by atoms with van der Waals surface area (Å²) in [5, 5.41) is 0. The molecular formula is C23H26N4O. The molecule has 1 aromatic carbocycles. The highest BCUT2D eigenvalue weighted by Crippen LogP contribution is 2.36. The summed E-state index contributed by atoms with van der Waals surface area (Å²) in [6.45, 7) is 6.42. The SMILES string of the molecule is CCC[C@@H]1N=C(c2ccccn2)c2cc(CC)c(OC)cc2-n2c(C)cnc21. The number of methoxy groups -OCH3 is 1. The molecule has 0 unspecified atom stereocenters. The molecular weight excluding hydrogens is 348 g/mol. The van der Waals surface area contributed by atoms with E-state index in [0.717, 1.165) is 64.8 Å². The summed E-state index contributed by atoms with van der Waals surface area (Å²) in [5.41, 5.74) is 6.22. The van der Waals surface area contributed by atoms with Crippen molar-refractivity contribution in [2.24, 2.45) is 4.99 Å². The lowest BCUT2D eigenvalue weighted by Crippen LogP contribution is -2.11. The minimum absolute atomic E-state index is 0.000762. The highest BCUT2D eigenvalue weighted by molar-refractivity contribution is 6.14. The van der Waals surface area contributed by atoms with E-state index < -0.39 is 0 Å². The zero-order valence-electron chi connectivity index (χ0n) is 16.9. The van der Waals surface area contributed by atoms with Crippen LogP contribution in [0.3, 0.4) is 0 Å². The number of imidazole rings is 1. The fraction of sp³-hybridized carbons (Fsp3) is 0.348. The number of hydrogen-bond acceptors (Lipinski definition) is 4. The molecule has 0 radical (unpaired) electrons. The van der Waals surface area contributed by atoms with E-state index in [1.165, 1.54) is 0 Å². The summed E-state index contributed by atoms with van der Waals surface area (Å²) in [6, 6.07) is 10.3. The fourth-order valence-electron chi connectivity index (χ4n) is 3.92. The minimum atomic E-state index is -0.000762. The predicted octanol–water partition coefficient (Wildman–Crippen LogP) is 4.84. The molecule has 1 aliphatic rings. The average molecular weight is 374 g/mol. The van der Waals surface area contributed by atoms with E-state index in [1.807, 2.05) is 30.6 Å². The van der Waals surface area contributed by atoms with Gasteiger partial charge in [0.15, 0.2) is 0 Å². The number of benzene rings is 1. The van der Waals surface area contributed by atoms with Gasteiger partial charge in [-0.15, -0.1) is 0 Å². The highest BCUT2D eigenvalue weighted by atomic mass is 16.5. The Morgan fingerprint density at radius 3 is 2.68 bits per heavy atom. The number of aryl methyl sites for hydroxylation is 2. The zero-order valence-corrected chi connectivity index (χ0v) is 16.9. The molecule has 5 heteroatoms. The quantitative estimate of drug-likeness (QED) is 0.642. The van der Waals surface area contributed by atoms with E-state index >= 15 is 0 Å². The molecule has 28 heavy (non-hydrogen) atoms. The number of nitrogens with zero attached hydrogens (tertiary/aromatic N) is 4. The van der Waals surface area contributed by atoms with Crippen molar-refractivity contribution in [2.45, 2.75) is 46.1 Å². The molecule has 0 aliphatic carbocycles. The molecule has 5 nitrogen and oxygen atoms in total. The molecule has 144 valence electrons. The monoisotopic (exact) mass is 374 g/mol. The van der Waals surface area contributed by atoms with Crippen molar-refractivity contribution in [1.29, 1.82) is 0 Å². The third-order valence-electron chi connectivity index (χ3n) is 5.29. The van der Waals surface area contributed by atoms with Gasteiger partial charge in [0.25, 0.3) is 0 Å². The van der Waals surface area contributed by atoms with E-state index in [-0.39, 0.29) is 6.04 Å². The van der Waals surface area contributed by atoms with Crippen LogP contribution in [0.25, 0.3) is 5.69 Å². The van der Waals surface area contributed by atoms with E-state index in [0.29, 0.717) is 0 Å². The summed E-state index contributed by atoms with van der Waals surface area (Å²) in [6.07, 6.45) is 6.63. The number of rotatable bonds is 5. The first kappa shape index (κ1) is 18.4. The van der Waals surface area contributed by atoms with Gasteiger partial charge >= 0.3 is 0 Å². The summed E-state index contributed by atoms with van der Waals surface area (Å²) >= 11 is 0. The van der Waals surface area contributed by atoms with Crippen molar-refractivity contribution in [3.05, 3.63) is 71.1 Å². The lowest BCUT2D eigenvalue weighted by atomic mass is 9.99. The second-order valence-corrected chi connectivity index (χ2v) is 7.13. The van der Waals surface area contributed by atoms with Crippen LogP contribution in [0.15, 0.2) is 47.7 Å². The van der Waals surface area contributed by atoms with Crippen molar-refractivity contribution in [3.8, 4) is 11.4 Å². The molecule has 0 saturated carbocycles. The molecule has 0 fully saturated rings. The third kappa shape index (κ3) is 3.01. The lowest BCUT2D eigenvalue weighted by Gasteiger charge is -2.17. The maximum atomic E-state index is 5.70. The number of pyridine rings is 1. The molecule has 2 aromatic heterocycles. The molecule has 0 N–H and O–H groups in total. The second kappa shape index (κ2) is 7.58. The summed E-state index contributed by atoms with van der Waals surface area (Å²) < 4.78 is 7.93. The zero-order chi connectivity index (χ0) is 19.7. The van der Waals surface area contributed by atoms with Gasteiger partial charge in [0.05, 0.1) is 24.2 Å². The molecule has 0 spiro atoms. The summed E-state index contributed by atoms with van der Waals surface area (Å²) in [4.78, 5) is 14.5. The van der Waals surface area contributed by atoms with Crippen LogP contribution in [0.4, 0.5) is 0 Å². The number of hydrogen-bond donors (Lipinski definition) is 0. The van der Waals surface area contributed by atoms with Crippen LogP contribution in [0.5, 0.6) is 5.75 Å². The molecule has 3 aromatic rings. The van der Waals surface area contributed by atoms with E-state index in [9.17, 15) is 0 Å². The lowest BCUT2D eigenvalue weighted by molar-refractivity contribution is 0.410. The van der Waals surface area contributed by atoms with E-state index in [2.05, 4.69) is 42.5 Å². The van der Waals surface area contributed by atoms with Gasteiger partial charge in [-0.25, -0.2) is 4.98 Å². The second-order valence-electron chi connectivity index (χ2n) is 7.13. The largest absolute Gasteiger partial charge is 0.496 e. The minimum Gasteiger partial charge on any atom is -0.496 e. The Bertz CT molecular complexity index is 1020. The number of ether oxygens (including phenoxy) is 1. The molecule has 0 saturated heterocycles. The van der Waals surface area contributed by atoms with Crippen molar-refractivity contribution < 1.29 is 4.74 Å². The van der Waals surface area contributed by atoms with Gasteiger partial charge in [-0.2, -0.15) is 0 Å². The van der Waals surface area contributed by atoms with Crippen LogP contribution in [0, 0.1) is 6.92 Å². The van der Waals surface area contributed by atoms with Gasteiger partial charge in [0.2, 0.25) is 0 Å². The Balaban J connectivity index is 2.06. The first-order valence-electron chi connectivity index (χ1n) is 9.93. The van der Waals surface area contributed by atoms with E-state index in [1.54, 1.807) is 7.11 Å². The molecule has 1 aliphatic heterocycles. The Morgan fingerprint density at radius 1 is 1.14 bits per heavy atom. The van der Waals surface area contributed by atoms with Gasteiger partial charge < -0.3 is 4.74 Å². The Kier molecular flexibility index (Phi) is 4.99. The van der Waals surface area contributed by atoms with Gasteiger partial charge in [-0.3, -0.25) is 14.5 Å². The molecule has 4 rings (SSSR count). The topological polar surface area (TPSA) is 52.3 Å². The van der Waals surface area contributed by atoms with Gasteiger partial charge in [-0.05, 0) is 43.5 Å². The van der Waals surface area contributed by atoms with E-state index in [4.69, 9.17) is 14.7 Å². The standard InChI is InChI=1S/C23H26N4O/c1-5-9-19-23-25-14-15(3)27(23)20-13-21(28-4)16(6-2)12-17(20)22(26-19)18-10-7-8-11-24-18/h7-8,10-14,19H,5-6,9H2,1-4H3/t19-/m0/s1. The maximum absolute atomic E-state index is 5.70. The number of aliphatic imine (C=N–C) groups is 1. The summed E-state index contributed by atoms with van der Waals surface area (Å²) in [7, 11) is 1.73. The first-order valence-corrected chi connectivity index (χ1v) is 9.93. The van der Waals surface area contributed by atoms with Crippen LogP contribution < -0.4 is 4.74 Å². The van der Waals surface area contributed by atoms with Gasteiger partial charge in [0.1, 0.15) is 17.6 Å². The van der Waals surface area contributed by atoms with Crippen molar-refractivity contribution in [1.82, 2.24) is 14.5 Å². The van der Waals surface area contributed by atoms with Gasteiger partial charge in [-0.1, -0.05) is 26.3 Å². The van der Waals surface area contributed by atoms with Crippen LogP contribution in [0.1, 0.15) is 61.1 Å². The third-order valence-corrected chi connectivity index (χ3v) is 5.29. The van der Waals surface area contributed by atoms with Crippen molar-refractivity contribution >= 4 is 5.71 Å². The maximum Gasteiger partial charge on any atom is 0.138 e. The molecule has 0 bridgehead atoms. The Labute approximate surface area is 166 Å². The Morgan fingerprint density at radius 2 is 2.00 bits per heavy atom. The normalized spacial score (nSPS) is 15.4. The molecule has 0 amide bonds. The van der Waals surface area contributed by atoms with Crippen LogP contribution in [-0.2, 0) is 6.42 Å². The number of fused-ring (bicyclic) bond motifs is 3. The smallest absolute Gasteiger partial charge is 0.138 e. The van der Waals surface area contributed by atoms with Crippen LogP contribution >= 0.6 is 0 Å². The van der Waals surface area contributed by atoms with Crippen molar-refractivity contribution in [3.63, 3.8) is 0 Å².